The molecule has 0 unspecified atom stereocenters. The smallest absolute Gasteiger partial charge is 0.387 e. The first-order valence-corrected chi connectivity index (χ1v) is 7.09. The average molecular weight is 289 g/mol. The molecule has 0 heterocycles. The van der Waals surface area contributed by atoms with Crippen LogP contribution in [0.1, 0.15) is 29.9 Å². The van der Waals surface area contributed by atoms with E-state index in [2.05, 4.69) is 34.3 Å². The largest absolute Gasteiger partial charge is 0.433 e. The second-order valence-electron chi connectivity index (χ2n) is 5.24. The molecule has 0 saturated heterocycles. The molecule has 2 aromatic carbocycles. The van der Waals surface area contributed by atoms with E-state index in [0.29, 0.717) is 12.2 Å². The first kappa shape index (κ1) is 13.9. The van der Waals surface area contributed by atoms with Crippen LogP contribution in [0.2, 0.25) is 0 Å². The van der Waals surface area contributed by atoms with Crippen LogP contribution in [0.25, 0.3) is 0 Å². The zero-order chi connectivity index (χ0) is 14.7. The van der Waals surface area contributed by atoms with Crippen LogP contribution in [0, 0.1) is 0 Å². The maximum atomic E-state index is 12.3. The molecule has 0 amide bonds. The number of halogens is 2. The molecule has 0 radical (unpaired) electrons. The minimum atomic E-state index is -2.81. The summed E-state index contributed by atoms with van der Waals surface area (Å²) in [6.45, 7) is -2.24. The van der Waals surface area contributed by atoms with Crippen molar-refractivity contribution in [1.82, 2.24) is 0 Å². The summed E-state index contributed by atoms with van der Waals surface area (Å²) in [6, 6.07) is 15.2. The molecular formula is C17H17F2NO. The zero-order valence-corrected chi connectivity index (χ0v) is 11.6. The Bertz CT molecular complexity index is 594. The van der Waals surface area contributed by atoms with E-state index in [9.17, 15) is 8.78 Å². The summed E-state index contributed by atoms with van der Waals surface area (Å²) < 4.78 is 29.2. The van der Waals surface area contributed by atoms with E-state index in [1.54, 1.807) is 18.2 Å². The van der Waals surface area contributed by atoms with Crippen molar-refractivity contribution in [3.05, 3.63) is 59.7 Å². The molecule has 1 N–H and O–H groups in total. The van der Waals surface area contributed by atoms with Crippen LogP contribution < -0.4 is 10.1 Å². The van der Waals surface area contributed by atoms with Crippen molar-refractivity contribution >= 4 is 5.69 Å². The van der Waals surface area contributed by atoms with E-state index in [4.69, 9.17) is 0 Å². The van der Waals surface area contributed by atoms with Gasteiger partial charge in [-0.25, -0.2) is 0 Å². The standard InChI is InChI=1S/C17H17F2NO/c18-17(19)21-16-4-2-1-3-15(16)20-11-12-5-7-13(8-6-12)14-9-10-14/h1-8,14,17,20H,9-11H2. The van der Waals surface area contributed by atoms with Crippen LogP contribution in [0.4, 0.5) is 14.5 Å². The van der Waals surface area contributed by atoms with Crippen molar-refractivity contribution in [2.75, 3.05) is 5.32 Å². The minimum absolute atomic E-state index is 0.169. The maximum Gasteiger partial charge on any atom is 0.387 e. The van der Waals surface area contributed by atoms with Gasteiger partial charge in [-0.05, 0) is 42.0 Å². The van der Waals surface area contributed by atoms with Gasteiger partial charge in [0.2, 0.25) is 0 Å². The third-order valence-corrected chi connectivity index (χ3v) is 3.61. The number of rotatable bonds is 6. The molecule has 0 atom stereocenters. The molecule has 3 rings (SSSR count). The highest BCUT2D eigenvalue weighted by Crippen LogP contribution is 2.39. The van der Waals surface area contributed by atoms with Gasteiger partial charge in [0.05, 0.1) is 5.69 Å². The lowest BCUT2D eigenvalue weighted by atomic mass is 10.1. The summed E-state index contributed by atoms with van der Waals surface area (Å²) >= 11 is 0. The van der Waals surface area contributed by atoms with Crippen LogP contribution in [-0.4, -0.2) is 6.61 Å². The van der Waals surface area contributed by atoms with Gasteiger partial charge >= 0.3 is 6.61 Å². The molecule has 1 fully saturated rings. The van der Waals surface area contributed by atoms with Gasteiger partial charge in [-0.2, -0.15) is 8.78 Å². The quantitative estimate of drug-likeness (QED) is 0.826. The highest BCUT2D eigenvalue weighted by molar-refractivity contribution is 5.56. The van der Waals surface area contributed by atoms with Crippen molar-refractivity contribution < 1.29 is 13.5 Å². The molecule has 110 valence electrons. The topological polar surface area (TPSA) is 21.3 Å². The summed E-state index contributed by atoms with van der Waals surface area (Å²) in [5, 5.41) is 3.14. The Morgan fingerprint density at radius 3 is 2.43 bits per heavy atom. The van der Waals surface area contributed by atoms with Gasteiger partial charge in [0.15, 0.2) is 0 Å². The monoisotopic (exact) mass is 289 g/mol. The Morgan fingerprint density at radius 1 is 1.05 bits per heavy atom. The molecule has 4 heteroatoms. The molecule has 21 heavy (non-hydrogen) atoms. The van der Waals surface area contributed by atoms with Gasteiger partial charge in [-0.3, -0.25) is 0 Å². The van der Waals surface area contributed by atoms with Crippen LogP contribution in [0.5, 0.6) is 5.75 Å². The lowest BCUT2D eigenvalue weighted by Crippen LogP contribution is -2.06. The van der Waals surface area contributed by atoms with Crippen LogP contribution in [-0.2, 0) is 6.54 Å². The number of para-hydroxylation sites is 2. The molecule has 0 aliphatic heterocycles. The molecular weight excluding hydrogens is 272 g/mol. The summed E-state index contributed by atoms with van der Waals surface area (Å²) in [7, 11) is 0. The van der Waals surface area contributed by atoms with Gasteiger partial charge in [0.25, 0.3) is 0 Å². The Balaban J connectivity index is 1.64. The number of anilines is 1. The molecule has 1 aliphatic rings. The lowest BCUT2D eigenvalue weighted by Gasteiger charge is -2.12. The van der Waals surface area contributed by atoms with Gasteiger partial charge < -0.3 is 10.1 Å². The summed E-state index contributed by atoms with van der Waals surface area (Å²) in [5.41, 5.74) is 3.08. The molecule has 0 aromatic heterocycles. The Labute approximate surface area is 122 Å². The van der Waals surface area contributed by atoms with Crippen molar-refractivity contribution in [2.24, 2.45) is 0 Å². The fourth-order valence-electron chi connectivity index (χ4n) is 2.33. The second-order valence-corrected chi connectivity index (χ2v) is 5.24. The number of ether oxygens (including phenoxy) is 1. The van der Waals surface area contributed by atoms with Crippen LogP contribution in [0.15, 0.2) is 48.5 Å². The molecule has 0 spiro atoms. The first-order chi connectivity index (χ1) is 10.2. The van der Waals surface area contributed by atoms with E-state index in [1.807, 2.05) is 0 Å². The Morgan fingerprint density at radius 2 is 1.76 bits per heavy atom. The van der Waals surface area contributed by atoms with E-state index in [0.717, 1.165) is 11.5 Å². The average Bonchev–Trinajstić information content (AvgIpc) is 3.31. The normalized spacial score (nSPS) is 14.2. The number of alkyl halides is 2. The van der Waals surface area contributed by atoms with Gasteiger partial charge in [0.1, 0.15) is 5.75 Å². The first-order valence-electron chi connectivity index (χ1n) is 7.09. The van der Waals surface area contributed by atoms with E-state index in [1.165, 1.54) is 24.5 Å². The summed E-state index contributed by atoms with van der Waals surface area (Å²) in [6.07, 6.45) is 2.58. The van der Waals surface area contributed by atoms with Gasteiger partial charge in [0, 0.05) is 6.54 Å². The van der Waals surface area contributed by atoms with Crippen molar-refractivity contribution in [3.63, 3.8) is 0 Å². The van der Waals surface area contributed by atoms with Crippen molar-refractivity contribution in [1.29, 1.82) is 0 Å². The lowest BCUT2D eigenvalue weighted by molar-refractivity contribution is -0.0493. The number of benzene rings is 2. The second kappa shape index (κ2) is 6.12. The predicted octanol–water partition coefficient (Wildman–Crippen LogP) is 4.78. The summed E-state index contributed by atoms with van der Waals surface area (Å²) in [4.78, 5) is 0. The predicted molar refractivity (Wildman–Crippen MR) is 78.8 cm³/mol. The number of hydrogen-bond acceptors (Lipinski definition) is 2. The third-order valence-electron chi connectivity index (χ3n) is 3.61. The van der Waals surface area contributed by atoms with E-state index >= 15 is 0 Å². The maximum absolute atomic E-state index is 12.3. The minimum Gasteiger partial charge on any atom is -0.433 e. The Hall–Kier alpha value is -2.10. The molecule has 0 bridgehead atoms. The fourth-order valence-corrected chi connectivity index (χ4v) is 2.33. The zero-order valence-electron chi connectivity index (χ0n) is 11.6. The SMILES string of the molecule is FC(F)Oc1ccccc1NCc1ccc(C2CC2)cc1. The highest BCUT2D eigenvalue weighted by atomic mass is 19.3. The van der Waals surface area contributed by atoms with Crippen LogP contribution >= 0.6 is 0 Å². The molecule has 1 aliphatic carbocycles. The van der Waals surface area contributed by atoms with Crippen molar-refractivity contribution in [3.8, 4) is 5.75 Å². The third kappa shape index (κ3) is 3.72. The van der Waals surface area contributed by atoms with Crippen molar-refractivity contribution in [2.45, 2.75) is 31.9 Å². The molecule has 2 nitrogen and oxygen atoms in total. The summed E-state index contributed by atoms with van der Waals surface area (Å²) in [5.74, 6) is 0.911. The van der Waals surface area contributed by atoms with E-state index in [-0.39, 0.29) is 5.75 Å². The Kier molecular flexibility index (Phi) is 4.04. The van der Waals surface area contributed by atoms with E-state index < -0.39 is 6.61 Å². The van der Waals surface area contributed by atoms with Gasteiger partial charge in [-0.15, -0.1) is 0 Å². The highest BCUT2D eigenvalue weighted by Gasteiger charge is 2.22. The number of nitrogens with one attached hydrogen (secondary N) is 1. The molecule has 1 saturated carbocycles. The van der Waals surface area contributed by atoms with Crippen LogP contribution in [0.3, 0.4) is 0 Å². The molecule has 2 aromatic rings. The fraction of sp³-hybridized carbons (Fsp3) is 0.294. The van der Waals surface area contributed by atoms with Gasteiger partial charge in [-0.1, -0.05) is 36.4 Å². The number of hydrogen-bond donors (Lipinski definition) is 1.